The van der Waals surface area contributed by atoms with Gasteiger partial charge in [-0.15, -0.1) is 0 Å². The van der Waals surface area contributed by atoms with Gasteiger partial charge in [0.15, 0.2) is 16.9 Å². The van der Waals surface area contributed by atoms with Crippen molar-refractivity contribution < 1.29 is 17.9 Å². The molecule has 2 aromatic carbocycles. The summed E-state index contributed by atoms with van der Waals surface area (Å²) in [5, 5.41) is 5.13. The lowest BCUT2D eigenvalue weighted by Gasteiger charge is -2.33. The van der Waals surface area contributed by atoms with E-state index in [0.717, 1.165) is 49.6 Å². The molecule has 0 radical (unpaired) electrons. The van der Waals surface area contributed by atoms with E-state index in [-0.39, 0.29) is 29.2 Å². The molecule has 0 aromatic heterocycles. The molecule has 7 heteroatoms. The maximum Gasteiger partial charge on any atom is 0.187 e. The number of ketones is 1. The molecule has 39 heavy (non-hydrogen) atoms. The molecule has 196 valence electrons. The zero-order chi connectivity index (χ0) is 27.1. The summed E-state index contributed by atoms with van der Waals surface area (Å²) < 4.78 is 34.6. The van der Waals surface area contributed by atoms with E-state index < -0.39 is 11.1 Å². The summed E-state index contributed by atoms with van der Waals surface area (Å²) in [5.41, 5.74) is 7.17. The van der Waals surface area contributed by atoms with Gasteiger partial charge in [0.2, 0.25) is 0 Å². The Hall–Kier alpha value is -3.94. The first kappa shape index (κ1) is 25.3. The molecule has 3 aliphatic carbocycles. The van der Waals surface area contributed by atoms with Crippen LogP contribution in [-0.4, -0.2) is 26.5 Å². The van der Waals surface area contributed by atoms with Gasteiger partial charge in [0.05, 0.1) is 17.6 Å². The number of halogens is 1. The molecule has 0 saturated carbocycles. The molecule has 1 heterocycles. The van der Waals surface area contributed by atoms with Crippen LogP contribution in [0.4, 0.5) is 4.39 Å². The summed E-state index contributed by atoms with van der Waals surface area (Å²) in [4.78, 5) is 18.3. The Morgan fingerprint density at radius 2 is 1.92 bits per heavy atom. The molecule has 5 nitrogen and oxygen atoms in total. The average molecular weight is 539 g/mol. The van der Waals surface area contributed by atoms with E-state index in [2.05, 4.69) is 29.4 Å². The Labute approximate surface area is 228 Å². The molecule has 6 rings (SSSR count). The van der Waals surface area contributed by atoms with Crippen LogP contribution in [0.15, 0.2) is 101 Å². The Balaban J connectivity index is 1.62. The van der Waals surface area contributed by atoms with E-state index in [4.69, 9.17) is 0 Å². The molecule has 2 aromatic rings. The number of carbonyl (C=O) groups is 1. The van der Waals surface area contributed by atoms with Gasteiger partial charge in [0.25, 0.3) is 0 Å². The largest absolute Gasteiger partial charge is 0.360 e. The first-order valence-corrected chi connectivity index (χ1v) is 14.2. The van der Waals surface area contributed by atoms with Crippen LogP contribution in [0.2, 0.25) is 0 Å². The van der Waals surface area contributed by atoms with Crippen LogP contribution in [0.5, 0.6) is 0 Å². The van der Waals surface area contributed by atoms with E-state index in [9.17, 15) is 17.9 Å². The molecule has 3 unspecified atom stereocenters. The average Bonchev–Trinajstić information content (AvgIpc) is 3.22. The Morgan fingerprint density at radius 3 is 2.72 bits per heavy atom. The van der Waals surface area contributed by atoms with Crippen LogP contribution in [-0.2, 0) is 11.1 Å². The van der Waals surface area contributed by atoms with Crippen molar-refractivity contribution in [1.82, 2.24) is 5.32 Å². The zero-order valence-electron chi connectivity index (χ0n) is 21.4. The van der Waals surface area contributed by atoms with E-state index in [1.807, 2.05) is 42.6 Å². The molecule has 0 fully saturated rings. The highest BCUT2D eigenvalue weighted by Gasteiger charge is 2.34. The van der Waals surface area contributed by atoms with Crippen molar-refractivity contribution in [2.24, 2.45) is 4.99 Å². The molecule has 1 aliphatic heterocycles. The van der Waals surface area contributed by atoms with E-state index >= 15 is 0 Å². The van der Waals surface area contributed by atoms with Crippen LogP contribution in [0.25, 0.3) is 11.1 Å². The van der Waals surface area contributed by atoms with Gasteiger partial charge in [-0.25, -0.2) is 8.60 Å². The van der Waals surface area contributed by atoms with E-state index in [0.29, 0.717) is 18.4 Å². The third-order valence-corrected chi connectivity index (χ3v) is 8.30. The fraction of sp³-hybridized carbons (Fsp3) is 0.188. The predicted octanol–water partition coefficient (Wildman–Crippen LogP) is 4.68. The lowest BCUT2D eigenvalue weighted by molar-refractivity contribution is 0.104. The lowest BCUT2D eigenvalue weighted by Crippen LogP contribution is -2.34. The Morgan fingerprint density at radius 1 is 1.13 bits per heavy atom. The lowest BCUT2D eigenvalue weighted by atomic mass is 9.71. The van der Waals surface area contributed by atoms with Gasteiger partial charge in [-0.3, -0.25) is 9.79 Å². The molecule has 0 saturated heterocycles. The molecule has 0 bridgehead atoms. The monoisotopic (exact) mass is 538 g/mol. The van der Waals surface area contributed by atoms with Crippen molar-refractivity contribution >= 4 is 34.2 Å². The molecule has 0 spiro atoms. The molecule has 3 atom stereocenters. The molecule has 2 N–H and O–H groups in total. The van der Waals surface area contributed by atoms with Crippen molar-refractivity contribution in [3.05, 3.63) is 129 Å². The fourth-order valence-corrected chi connectivity index (χ4v) is 6.39. The minimum atomic E-state index is -1.90. The number of fused-ring (bicyclic) bond motifs is 4. The number of nitrogens with zero attached hydrogens (tertiary/aromatic N) is 1. The number of aliphatic imine (C=N–C) groups is 1. The Bertz CT molecular complexity index is 1730. The number of allylic oxidation sites excluding steroid dienone is 6. The summed E-state index contributed by atoms with van der Waals surface area (Å²) in [6.45, 7) is 2.07. The summed E-state index contributed by atoms with van der Waals surface area (Å²) in [7, 11) is 0. The molecular weight excluding hydrogens is 511 g/mol. The highest BCUT2D eigenvalue weighted by molar-refractivity contribution is 7.79. The summed E-state index contributed by atoms with van der Waals surface area (Å²) in [6.07, 6.45) is 16.1. The van der Waals surface area contributed by atoms with Crippen LogP contribution < -0.4 is 15.8 Å². The van der Waals surface area contributed by atoms with Crippen LogP contribution in [0, 0.1) is 5.82 Å². The number of hydrogen-bond acceptors (Lipinski definition) is 4. The topological polar surface area (TPSA) is 78.8 Å². The normalized spacial score (nSPS) is 22.1. The second-order valence-electron chi connectivity index (χ2n) is 10.0. The third-order valence-electron chi connectivity index (χ3n) is 7.75. The van der Waals surface area contributed by atoms with Crippen molar-refractivity contribution in [2.45, 2.75) is 31.6 Å². The van der Waals surface area contributed by atoms with Crippen molar-refractivity contribution in [1.29, 1.82) is 0 Å². The fourth-order valence-electron chi connectivity index (χ4n) is 6.00. The van der Waals surface area contributed by atoms with Crippen LogP contribution in [0.1, 0.15) is 53.1 Å². The first-order valence-electron chi connectivity index (χ1n) is 13.0. The van der Waals surface area contributed by atoms with Crippen molar-refractivity contribution in [3.63, 3.8) is 0 Å². The van der Waals surface area contributed by atoms with Crippen LogP contribution >= 0.6 is 0 Å². The molecule has 4 aliphatic rings. The van der Waals surface area contributed by atoms with Gasteiger partial charge in [0, 0.05) is 35.4 Å². The van der Waals surface area contributed by atoms with Gasteiger partial charge in [0.1, 0.15) is 5.82 Å². The summed E-state index contributed by atoms with van der Waals surface area (Å²) in [5.74, 6) is -0.270. The second kappa shape index (κ2) is 10.3. The molecular formula is C32H27FN2O3S. The molecule has 0 amide bonds. The highest BCUT2D eigenvalue weighted by Crippen LogP contribution is 2.44. The van der Waals surface area contributed by atoms with Gasteiger partial charge in [-0.1, -0.05) is 49.4 Å². The quantitative estimate of drug-likeness (QED) is 0.542. The summed E-state index contributed by atoms with van der Waals surface area (Å²) in [6, 6.07) is 10.7. The van der Waals surface area contributed by atoms with E-state index in [1.54, 1.807) is 18.5 Å². The second-order valence-corrected chi connectivity index (χ2v) is 11.1. The van der Waals surface area contributed by atoms with Gasteiger partial charge < -0.3 is 9.87 Å². The minimum Gasteiger partial charge on any atom is -0.360 e. The highest BCUT2D eigenvalue weighted by atomic mass is 32.2. The van der Waals surface area contributed by atoms with Gasteiger partial charge in [-0.05, 0) is 75.4 Å². The smallest absolute Gasteiger partial charge is 0.187 e. The number of benzene rings is 2. The van der Waals surface area contributed by atoms with Crippen molar-refractivity contribution in [3.8, 4) is 0 Å². The minimum absolute atomic E-state index is 0.00593. The number of rotatable bonds is 5. The summed E-state index contributed by atoms with van der Waals surface area (Å²) >= 11 is -1.90. The maximum atomic E-state index is 13.9. The predicted molar refractivity (Wildman–Crippen MR) is 153 cm³/mol. The SMILES string of the molecule is CC1C=CC(CCS(=O)O)=c2ccc3c(c21)C(=O)C=C1C(C2=CN=CC=CN2)=CCC(c2ccc(F)cc2)C=31. The van der Waals surface area contributed by atoms with E-state index in [1.165, 1.54) is 12.1 Å². The first-order chi connectivity index (χ1) is 18.9. The standard InChI is InChI=1S/C32H27FN2O3S/c1-19-3-4-21(13-16-39(37)38)23-10-12-26-31-24(20-5-7-22(33)8-6-20)9-11-25(28-18-34-14-2-15-35-28)27(31)17-29(36)32(26)30(19)23/h2-8,10-12,14-15,17-19,24,35H,9,13,16H2,1H3,(H,37,38). The van der Waals surface area contributed by atoms with Crippen molar-refractivity contribution in [2.75, 3.05) is 5.75 Å². The number of nitrogens with one attached hydrogen (secondary N) is 1. The third kappa shape index (κ3) is 4.62. The zero-order valence-corrected chi connectivity index (χ0v) is 22.2. The number of hydrogen-bond donors (Lipinski definition) is 2. The van der Waals surface area contributed by atoms with Crippen LogP contribution in [0.3, 0.4) is 0 Å². The number of carbonyl (C=O) groups excluding carboxylic acids is 1. The Kier molecular flexibility index (Phi) is 6.71. The van der Waals surface area contributed by atoms with Gasteiger partial charge in [-0.2, -0.15) is 0 Å². The van der Waals surface area contributed by atoms with Gasteiger partial charge >= 0.3 is 0 Å². The maximum absolute atomic E-state index is 13.9.